The van der Waals surface area contributed by atoms with Gasteiger partial charge in [0.25, 0.3) is 0 Å². The molecule has 0 bridgehead atoms. The summed E-state index contributed by atoms with van der Waals surface area (Å²) in [6, 6.07) is 13.2. The first-order valence-corrected chi connectivity index (χ1v) is 11.5. The number of fused-ring (bicyclic) bond motifs is 1. The number of hydrogen-bond donors (Lipinski definition) is 1. The van der Waals surface area contributed by atoms with Crippen LogP contribution in [0.15, 0.2) is 60.8 Å². The number of phenolic OH excluding ortho intramolecular Hbond substituents is 1. The Balaban J connectivity index is 1.76. The van der Waals surface area contributed by atoms with Crippen LogP contribution in [0, 0.1) is 23.4 Å². The normalized spacial score (nSPS) is 18.3. The highest BCUT2D eigenvalue weighted by molar-refractivity contribution is 6.02. The van der Waals surface area contributed by atoms with E-state index in [0.29, 0.717) is 40.2 Å². The molecule has 1 aromatic heterocycles. The maximum Gasteiger partial charge on any atom is 0.165 e. The number of phenols is 1. The van der Waals surface area contributed by atoms with E-state index in [1.165, 1.54) is 24.3 Å². The molecule has 35 heavy (non-hydrogen) atoms. The number of halogens is 3. The number of nitrogens with zero attached hydrogens (tertiary/aromatic N) is 2. The van der Waals surface area contributed by atoms with Crippen molar-refractivity contribution in [3.8, 4) is 28.0 Å². The average Bonchev–Trinajstić information content (AvgIpc) is 2.84. The van der Waals surface area contributed by atoms with Gasteiger partial charge in [-0.1, -0.05) is 25.1 Å². The summed E-state index contributed by atoms with van der Waals surface area (Å²) in [4.78, 5) is 6.72. The van der Waals surface area contributed by atoms with Gasteiger partial charge in [-0.05, 0) is 53.8 Å². The number of rotatable bonds is 4. The summed E-state index contributed by atoms with van der Waals surface area (Å²) in [6.45, 7) is 3.46. The Bertz CT molecular complexity index is 1390. The number of benzene rings is 3. The van der Waals surface area contributed by atoms with Crippen molar-refractivity contribution in [1.82, 2.24) is 4.98 Å². The molecular formula is C28H25F3N2O2. The van der Waals surface area contributed by atoms with Crippen LogP contribution in [0.25, 0.3) is 33.2 Å². The van der Waals surface area contributed by atoms with Crippen LogP contribution >= 0.6 is 0 Å². The fraction of sp³-hybridized carbons (Fsp3) is 0.250. The standard InChI is InChI=1S/C28H25F3N2O2/c1-16-8-9-33(15-26(16)35-2)27-22-12-17(21-4-3-5-24(31)28(21)34)6-7-25(22)32-14-23(27)18-10-19(29)13-20(30)11-18/h3-7,10-14,16,26,34H,8-9,15H2,1-2H3/t16?,26-/m1/s1. The van der Waals surface area contributed by atoms with Crippen molar-refractivity contribution in [2.75, 3.05) is 25.1 Å². The predicted octanol–water partition coefficient (Wildman–Crippen LogP) is 6.55. The Labute approximate surface area is 201 Å². The maximum absolute atomic E-state index is 14.2. The number of ether oxygens (including phenoxy) is 1. The maximum atomic E-state index is 14.2. The van der Waals surface area contributed by atoms with Gasteiger partial charge in [0.05, 0.1) is 17.3 Å². The van der Waals surface area contributed by atoms with Gasteiger partial charge in [0, 0.05) is 49.0 Å². The highest BCUT2D eigenvalue weighted by atomic mass is 19.1. The summed E-state index contributed by atoms with van der Waals surface area (Å²) in [5, 5.41) is 11.1. The van der Waals surface area contributed by atoms with Crippen molar-refractivity contribution in [3.63, 3.8) is 0 Å². The van der Waals surface area contributed by atoms with E-state index in [4.69, 9.17) is 4.74 Å². The van der Waals surface area contributed by atoms with Crippen molar-refractivity contribution < 1.29 is 23.0 Å². The minimum absolute atomic E-state index is 0.0143. The van der Waals surface area contributed by atoms with Crippen molar-refractivity contribution >= 4 is 16.6 Å². The number of piperidine rings is 1. The Kier molecular flexibility index (Phi) is 6.11. The monoisotopic (exact) mass is 478 g/mol. The fourth-order valence-corrected chi connectivity index (χ4v) is 4.90. The quantitative estimate of drug-likeness (QED) is 0.361. The summed E-state index contributed by atoms with van der Waals surface area (Å²) < 4.78 is 48.2. The number of hydrogen-bond acceptors (Lipinski definition) is 4. The second kappa shape index (κ2) is 9.23. The lowest BCUT2D eigenvalue weighted by Crippen LogP contribution is -2.44. The van der Waals surface area contributed by atoms with Crippen LogP contribution in [0.5, 0.6) is 5.75 Å². The highest BCUT2D eigenvalue weighted by Gasteiger charge is 2.29. The molecule has 0 amide bonds. The van der Waals surface area contributed by atoms with E-state index >= 15 is 0 Å². The first-order chi connectivity index (χ1) is 16.9. The van der Waals surface area contributed by atoms with Gasteiger partial charge in [0.1, 0.15) is 11.6 Å². The highest BCUT2D eigenvalue weighted by Crippen LogP contribution is 2.41. The van der Waals surface area contributed by atoms with Crippen LogP contribution in [0.1, 0.15) is 13.3 Å². The number of aromatic nitrogens is 1. The Morgan fingerprint density at radius 2 is 1.74 bits per heavy atom. The average molecular weight is 479 g/mol. The molecule has 0 saturated carbocycles. The smallest absolute Gasteiger partial charge is 0.165 e. The lowest BCUT2D eigenvalue weighted by Gasteiger charge is -2.39. The number of pyridine rings is 1. The van der Waals surface area contributed by atoms with Gasteiger partial charge < -0.3 is 14.7 Å². The van der Waals surface area contributed by atoms with E-state index < -0.39 is 23.2 Å². The molecule has 1 saturated heterocycles. The van der Waals surface area contributed by atoms with Gasteiger partial charge in [-0.2, -0.15) is 0 Å². The molecule has 2 atom stereocenters. The minimum Gasteiger partial charge on any atom is -0.504 e. The Morgan fingerprint density at radius 3 is 2.49 bits per heavy atom. The molecule has 1 aliphatic rings. The van der Waals surface area contributed by atoms with E-state index in [-0.39, 0.29) is 6.10 Å². The molecule has 1 fully saturated rings. The zero-order chi connectivity index (χ0) is 24.7. The van der Waals surface area contributed by atoms with Gasteiger partial charge in [0.15, 0.2) is 11.6 Å². The molecule has 7 heteroatoms. The molecule has 0 aliphatic carbocycles. The van der Waals surface area contributed by atoms with Gasteiger partial charge in [-0.15, -0.1) is 0 Å². The molecule has 1 aliphatic heterocycles. The van der Waals surface area contributed by atoms with Gasteiger partial charge in [-0.25, -0.2) is 13.2 Å². The Hall–Kier alpha value is -3.58. The molecule has 0 radical (unpaired) electrons. The van der Waals surface area contributed by atoms with Gasteiger partial charge in [0.2, 0.25) is 0 Å². The van der Waals surface area contributed by atoms with Crippen molar-refractivity contribution in [2.45, 2.75) is 19.4 Å². The number of anilines is 1. The first-order valence-electron chi connectivity index (χ1n) is 11.5. The molecule has 180 valence electrons. The summed E-state index contributed by atoms with van der Waals surface area (Å²) in [5.74, 6) is -2.13. The third-order valence-corrected chi connectivity index (χ3v) is 6.82. The number of aromatic hydroxyl groups is 1. The topological polar surface area (TPSA) is 45.6 Å². The van der Waals surface area contributed by atoms with Gasteiger partial charge in [-0.3, -0.25) is 4.98 Å². The molecule has 1 unspecified atom stereocenters. The molecule has 4 nitrogen and oxygen atoms in total. The zero-order valence-corrected chi connectivity index (χ0v) is 19.4. The lowest BCUT2D eigenvalue weighted by atomic mass is 9.92. The summed E-state index contributed by atoms with van der Waals surface area (Å²) in [6.07, 6.45) is 2.49. The van der Waals surface area contributed by atoms with Crippen LogP contribution < -0.4 is 4.90 Å². The summed E-state index contributed by atoms with van der Waals surface area (Å²) in [7, 11) is 1.68. The molecule has 3 aromatic carbocycles. The first kappa shape index (κ1) is 23.2. The van der Waals surface area contributed by atoms with Crippen molar-refractivity contribution in [3.05, 3.63) is 78.2 Å². The van der Waals surface area contributed by atoms with Gasteiger partial charge >= 0.3 is 0 Å². The number of methoxy groups -OCH3 is 1. The molecular weight excluding hydrogens is 453 g/mol. The Morgan fingerprint density at radius 1 is 0.971 bits per heavy atom. The SMILES string of the molecule is CO[C@@H]1CN(c2c(-c3cc(F)cc(F)c3)cnc3ccc(-c4cccc(F)c4O)cc23)CCC1C. The fourth-order valence-electron chi connectivity index (χ4n) is 4.90. The van der Waals surface area contributed by atoms with Crippen LogP contribution in [0.3, 0.4) is 0 Å². The predicted molar refractivity (Wildman–Crippen MR) is 131 cm³/mol. The molecule has 5 rings (SSSR count). The van der Waals surface area contributed by atoms with Crippen molar-refractivity contribution in [2.24, 2.45) is 5.92 Å². The second-order valence-electron chi connectivity index (χ2n) is 9.03. The zero-order valence-electron chi connectivity index (χ0n) is 19.4. The van der Waals surface area contributed by atoms with Crippen LogP contribution in [-0.2, 0) is 4.74 Å². The third kappa shape index (κ3) is 4.32. The summed E-state index contributed by atoms with van der Waals surface area (Å²) in [5.41, 5.74) is 3.36. The van der Waals surface area contributed by atoms with E-state index in [1.807, 2.05) is 6.07 Å². The molecule has 2 heterocycles. The van der Waals surface area contributed by atoms with Crippen LogP contribution in [0.2, 0.25) is 0 Å². The summed E-state index contributed by atoms with van der Waals surface area (Å²) >= 11 is 0. The number of para-hydroxylation sites is 1. The molecule has 4 aromatic rings. The molecule has 1 N–H and O–H groups in total. The van der Waals surface area contributed by atoms with Crippen molar-refractivity contribution in [1.29, 1.82) is 0 Å². The molecule has 0 spiro atoms. The third-order valence-electron chi connectivity index (χ3n) is 6.82. The van der Waals surface area contributed by atoms with Crippen LogP contribution in [0.4, 0.5) is 18.9 Å². The minimum atomic E-state index is -0.710. The van der Waals surface area contributed by atoms with E-state index in [0.717, 1.165) is 30.1 Å². The second-order valence-corrected chi connectivity index (χ2v) is 9.03. The van der Waals surface area contributed by atoms with E-state index in [1.54, 1.807) is 31.5 Å². The van der Waals surface area contributed by atoms with E-state index in [9.17, 15) is 18.3 Å². The van der Waals surface area contributed by atoms with Crippen LogP contribution in [-0.4, -0.2) is 36.4 Å². The van der Waals surface area contributed by atoms with E-state index in [2.05, 4.69) is 16.8 Å². The lowest BCUT2D eigenvalue weighted by molar-refractivity contribution is 0.0499. The largest absolute Gasteiger partial charge is 0.504 e.